The fraction of sp³-hybridized carbons (Fsp3) is 0.0556. The van der Waals surface area contributed by atoms with E-state index in [0.29, 0.717) is 12.2 Å². The third-order valence-corrected chi connectivity index (χ3v) is 4.36. The number of benzene rings is 3. The Morgan fingerprint density at radius 1 is 0.909 bits per heavy atom. The molecule has 3 nitrogen and oxygen atoms in total. The Morgan fingerprint density at radius 3 is 2.32 bits per heavy atom. The number of hydrogen-bond acceptors (Lipinski definition) is 4. The first-order valence-corrected chi connectivity index (χ1v) is 7.66. The second-order valence-electron chi connectivity index (χ2n) is 4.88. The smallest absolute Gasteiger partial charge is 0.165 e. The van der Waals surface area contributed by atoms with E-state index in [2.05, 4.69) is 11.0 Å². The van der Waals surface area contributed by atoms with E-state index in [1.54, 1.807) is 23.9 Å². The molecule has 0 radical (unpaired) electrons. The van der Waals surface area contributed by atoms with Crippen LogP contribution in [0, 0.1) is 0 Å². The van der Waals surface area contributed by atoms with Gasteiger partial charge in [0, 0.05) is 16.2 Å². The minimum atomic E-state index is 0.429. The zero-order valence-corrected chi connectivity index (χ0v) is 12.5. The Bertz CT molecular complexity index is 797. The molecule has 0 spiro atoms. The summed E-state index contributed by atoms with van der Waals surface area (Å²) in [6, 6.07) is 19.6. The average molecular weight is 310 g/mol. The highest BCUT2D eigenvalue weighted by Crippen LogP contribution is 2.31. The monoisotopic (exact) mass is 310 g/mol. The maximum atomic E-state index is 10.5. The number of rotatable bonds is 5. The van der Waals surface area contributed by atoms with Crippen LogP contribution in [0.3, 0.4) is 0 Å². The third-order valence-electron chi connectivity index (χ3n) is 3.37. The van der Waals surface area contributed by atoms with E-state index in [9.17, 15) is 4.79 Å². The van der Waals surface area contributed by atoms with Gasteiger partial charge < -0.3 is 9.68 Å². The van der Waals surface area contributed by atoms with E-state index in [1.807, 2.05) is 42.5 Å². The second kappa shape index (κ2) is 6.64. The molecule has 3 aromatic carbocycles. The fourth-order valence-electron chi connectivity index (χ4n) is 2.25. The largest absolute Gasteiger partial charge is 0.340 e. The van der Waals surface area contributed by atoms with E-state index < -0.39 is 0 Å². The number of aldehydes is 1. The van der Waals surface area contributed by atoms with Crippen molar-refractivity contribution in [1.29, 1.82) is 0 Å². The molecular weight excluding hydrogens is 296 g/mol. The summed E-state index contributed by atoms with van der Waals surface area (Å²) in [5, 5.41) is 10.8. The van der Waals surface area contributed by atoms with Crippen LogP contribution >= 0.6 is 11.8 Å². The molecule has 0 heterocycles. The van der Waals surface area contributed by atoms with E-state index >= 15 is 0 Å². The van der Waals surface area contributed by atoms with Gasteiger partial charge in [-0.05, 0) is 52.7 Å². The van der Waals surface area contributed by atoms with Crippen molar-refractivity contribution in [3.05, 3.63) is 66.2 Å². The molecule has 0 saturated carbocycles. The summed E-state index contributed by atoms with van der Waals surface area (Å²) in [5.74, 6) is 0.429. The highest BCUT2D eigenvalue weighted by molar-refractivity contribution is 7.99. The first kappa shape index (κ1) is 14.6. The van der Waals surface area contributed by atoms with E-state index in [4.69, 9.17) is 5.26 Å². The fourth-order valence-corrected chi connectivity index (χ4v) is 3.11. The maximum Gasteiger partial charge on any atom is 0.165 e. The van der Waals surface area contributed by atoms with Crippen molar-refractivity contribution < 1.29 is 14.9 Å². The number of fused-ring (bicyclic) bond motifs is 1. The predicted octanol–water partition coefficient (Wildman–Crippen LogP) is 4.58. The maximum absolute atomic E-state index is 10.5. The molecule has 0 fully saturated rings. The molecule has 0 aliphatic heterocycles. The molecule has 3 aromatic rings. The van der Waals surface area contributed by atoms with Gasteiger partial charge >= 0.3 is 0 Å². The van der Waals surface area contributed by atoms with Crippen molar-refractivity contribution >= 4 is 28.8 Å². The summed E-state index contributed by atoms with van der Waals surface area (Å²) >= 11 is 1.67. The molecule has 0 aromatic heterocycles. The number of carbonyl (C=O) groups excluding carboxylic acids is 1. The molecule has 0 saturated heterocycles. The first-order chi connectivity index (χ1) is 10.8. The lowest BCUT2D eigenvalue weighted by atomic mass is 10.1. The minimum Gasteiger partial charge on any atom is -0.340 e. The van der Waals surface area contributed by atoms with Gasteiger partial charge in [-0.1, -0.05) is 36.0 Å². The lowest BCUT2D eigenvalue weighted by molar-refractivity contribution is -0.137. The first-order valence-electron chi connectivity index (χ1n) is 6.84. The zero-order valence-electron chi connectivity index (χ0n) is 11.7. The van der Waals surface area contributed by atoms with Crippen LogP contribution in [0.15, 0.2) is 70.5 Å². The van der Waals surface area contributed by atoms with Gasteiger partial charge in [0.25, 0.3) is 0 Å². The van der Waals surface area contributed by atoms with Gasteiger partial charge in [0.05, 0.1) is 0 Å². The molecular formula is C18H14O3S. The lowest BCUT2D eigenvalue weighted by Gasteiger charge is -2.05. The Kier molecular flexibility index (Phi) is 4.42. The molecule has 0 aliphatic carbocycles. The summed E-state index contributed by atoms with van der Waals surface area (Å²) in [7, 11) is 0. The van der Waals surface area contributed by atoms with Crippen molar-refractivity contribution in [3.63, 3.8) is 0 Å². The van der Waals surface area contributed by atoms with Crippen LogP contribution in [0.5, 0.6) is 5.75 Å². The van der Waals surface area contributed by atoms with Crippen LogP contribution in [-0.2, 0) is 11.2 Å². The van der Waals surface area contributed by atoms with Crippen molar-refractivity contribution in [2.75, 3.05) is 0 Å². The van der Waals surface area contributed by atoms with Crippen molar-refractivity contribution in [1.82, 2.24) is 0 Å². The van der Waals surface area contributed by atoms with E-state index in [1.165, 1.54) is 0 Å². The molecule has 0 aliphatic rings. The summed E-state index contributed by atoms with van der Waals surface area (Å²) in [4.78, 5) is 17.0. The topological polar surface area (TPSA) is 46.5 Å². The summed E-state index contributed by atoms with van der Waals surface area (Å²) < 4.78 is 0. The van der Waals surface area contributed by atoms with Crippen LogP contribution < -0.4 is 4.89 Å². The van der Waals surface area contributed by atoms with Crippen molar-refractivity contribution in [3.8, 4) is 5.75 Å². The van der Waals surface area contributed by atoms with Gasteiger partial charge in [-0.25, -0.2) is 5.26 Å². The van der Waals surface area contributed by atoms with Gasteiger partial charge in [-0.2, -0.15) is 0 Å². The second-order valence-corrected chi connectivity index (χ2v) is 6.03. The number of hydrogen-bond donors (Lipinski definition) is 1. The van der Waals surface area contributed by atoms with E-state index in [-0.39, 0.29) is 0 Å². The Labute approximate surface area is 132 Å². The summed E-state index contributed by atoms with van der Waals surface area (Å²) in [6.07, 6.45) is 1.37. The summed E-state index contributed by atoms with van der Waals surface area (Å²) in [5.41, 5.74) is 1.02. The number of carbonyl (C=O) groups is 1. The highest BCUT2D eigenvalue weighted by Gasteiger charge is 2.02. The quantitative estimate of drug-likeness (QED) is 0.425. The molecule has 0 unspecified atom stereocenters. The van der Waals surface area contributed by atoms with Crippen LogP contribution in [0.1, 0.15) is 5.56 Å². The molecule has 0 amide bonds. The van der Waals surface area contributed by atoms with Gasteiger partial charge in [0.1, 0.15) is 6.29 Å². The standard InChI is InChI=1S/C18H14O3S/c19-10-9-13-1-6-17(7-2-13)22-18-8-4-14-11-16(21-20)5-3-15(14)12-18/h1-8,10-12,20H,9H2. The average Bonchev–Trinajstić information content (AvgIpc) is 2.56. The van der Waals surface area contributed by atoms with Gasteiger partial charge in [0.15, 0.2) is 5.75 Å². The Hall–Kier alpha value is -2.30. The van der Waals surface area contributed by atoms with Gasteiger partial charge in [-0.15, -0.1) is 0 Å². The van der Waals surface area contributed by atoms with Crippen molar-refractivity contribution in [2.24, 2.45) is 0 Å². The molecule has 4 heteroatoms. The summed E-state index contributed by atoms with van der Waals surface area (Å²) in [6.45, 7) is 0. The molecule has 22 heavy (non-hydrogen) atoms. The van der Waals surface area contributed by atoms with Crippen LogP contribution in [0.4, 0.5) is 0 Å². The molecule has 3 rings (SSSR count). The van der Waals surface area contributed by atoms with Gasteiger partial charge in [-0.3, -0.25) is 0 Å². The van der Waals surface area contributed by atoms with E-state index in [0.717, 1.165) is 32.4 Å². The van der Waals surface area contributed by atoms with Crippen molar-refractivity contribution in [2.45, 2.75) is 16.2 Å². The zero-order chi connectivity index (χ0) is 15.4. The molecule has 0 bridgehead atoms. The normalized spacial score (nSPS) is 10.6. The molecule has 0 atom stereocenters. The van der Waals surface area contributed by atoms with Gasteiger partial charge in [0.2, 0.25) is 0 Å². The SMILES string of the molecule is O=CCc1ccc(Sc2ccc3cc(OO)ccc3c2)cc1. The molecule has 1 N–H and O–H groups in total. The lowest BCUT2D eigenvalue weighted by Crippen LogP contribution is -1.85. The Balaban J connectivity index is 1.82. The Morgan fingerprint density at radius 2 is 1.59 bits per heavy atom. The van der Waals surface area contributed by atoms with Crippen LogP contribution in [-0.4, -0.2) is 11.5 Å². The van der Waals surface area contributed by atoms with Crippen LogP contribution in [0.25, 0.3) is 10.8 Å². The molecule has 110 valence electrons. The third kappa shape index (κ3) is 3.30. The van der Waals surface area contributed by atoms with Crippen LogP contribution in [0.2, 0.25) is 0 Å². The predicted molar refractivity (Wildman–Crippen MR) is 87.5 cm³/mol. The minimum absolute atomic E-state index is 0.429. The highest BCUT2D eigenvalue weighted by atomic mass is 32.2.